The molecule has 0 aliphatic rings. The number of amides is 1. The van der Waals surface area contributed by atoms with Crippen molar-refractivity contribution in [2.45, 2.75) is 51.8 Å². The first kappa shape index (κ1) is 17.5. The van der Waals surface area contributed by atoms with Crippen molar-refractivity contribution in [2.24, 2.45) is 0 Å². The summed E-state index contributed by atoms with van der Waals surface area (Å²) in [6.07, 6.45) is -0.637. The highest BCUT2D eigenvalue weighted by Crippen LogP contribution is 2.18. The van der Waals surface area contributed by atoms with Crippen molar-refractivity contribution in [3.8, 4) is 0 Å². The average molecular weight is 294 g/mol. The number of aliphatic hydroxyl groups excluding tert-OH is 1. The molecule has 5 heteroatoms. The molecule has 0 aliphatic carbocycles. The smallest absolute Gasteiger partial charge is 0.405 e. The van der Waals surface area contributed by atoms with Crippen molar-refractivity contribution >= 4 is 6.09 Å². The van der Waals surface area contributed by atoms with Crippen LogP contribution < -0.4 is 10.6 Å². The molecule has 1 rings (SSSR count). The highest BCUT2D eigenvalue weighted by atomic mass is 16.4. The zero-order valence-electron chi connectivity index (χ0n) is 13.2. The van der Waals surface area contributed by atoms with Gasteiger partial charge in [-0.2, -0.15) is 0 Å². The summed E-state index contributed by atoms with van der Waals surface area (Å²) < 4.78 is 0. The van der Waals surface area contributed by atoms with Gasteiger partial charge < -0.3 is 20.8 Å². The van der Waals surface area contributed by atoms with E-state index in [4.69, 9.17) is 5.11 Å². The van der Waals surface area contributed by atoms with Crippen LogP contribution in [0.15, 0.2) is 24.3 Å². The third kappa shape index (κ3) is 5.73. The second kappa shape index (κ2) is 7.43. The molecule has 0 spiro atoms. The molecule has 0 aromatic heterocycles. The Kier molecular flexibility index (Phi) is 6.18. The minimum atomic E-state index is -1.04. The van der Waals surface area contributed by atoms with E-state index in [0.717, 1.165) is 17.5 Å². The van der Waals surface area contributed by atoms with Gasteiger partial charge in [0.1, 0.15) is 0 Å². The molecule has 0 radical (unpaired) electrons. The van der Waals surface area contributed by atoms with Crippen molar-refractivity contribution in [1.29, 1.82) is 0 Å². The molecule has 1 amide bonds. The summed E-state index contributed by atoms with van der Waals surface area (Å²) in [5.41, 5.74) is 1.69. The fourth-order valence-electron chi connectivity index (χ4n) is 1.89. The molecule has 0 bridgehead atoms. The summed E-state index contributed by atoms with van der Waals surface area (Å²) in [5.74, 6) is 0. The van der Waals surface area contributed by atoms with Crippen LogP contribution in [0.3, 0.4) is 0 Å². The quantitative estimate of drug-likeness (QED) is 0.623. The summed E-state index contributed by atoms with van der Waals surface area (Å²) in [6, 6.07) is 7.07. The second-order valence-corrected chi connectivity index (χ2v) is 5.97. The Labute approximate surface area is 126 Å². The number of rotatable bonds is 7. The van der Waals surface area contributed by atoms with Crippen molar-refractivity contribution < 1.29 is 15.0 Å². The molecule has 1 aromatic rings. The van der Waals surface area contributed by atoms with E-state index in [1.165, 1.54) is 0 Å². The fraction of sp³-hybridized carbons (Fsp3) is 0.562. The topological polar surface area (TPSA) is 81.6 Å². The number of β-amino-alcohol motifs (C(OH)–C–C–N with tert-alkyl or cyclic N) is 1. The predicted molar refractivity (Wildman–Crippen MR) is 83.4 cm³/mol. The van der Waals surface area contributed by atoms with Crippen LogP contribution in [-0.2, 0) is 0 Å². The van der Waals surface area contributed by atoms with Crippen LogP contribution in [0, 0.1) is 0 Å². The Bertz CT molecular complexity index is 457. The maximum absolute atomic E-state index is 10.6. The lowest BCUT2D eigenvalue weighted by Crippen LogP contribution is -2.40. The third-order valence-electron chi connectivity index (χ3n) is 3.82. The van der Waals surface area contributed by atoms with Gasteiger partial charge in [-0.15, -0.1) is 0 Å². The number of hydrogen-bond donors (Lipinski definition) is 4. The first-order valence-corrected chi connectivity index (χ1v) is 7.27. The molecule has 21 heavy (non-hydrogen) atoms. The maximum Gasteiger partial charge on any atom is 0.405 e. The van der Waals surface area contributed by atoms with Crippen LogP contribution in [0.4, 0.5) is 4.79 Å². The van der Waals surface area contributed by atoms with E-state index in [1.807, 2.05) is 24.3 Å². The number of carboxylic acid groups (broad SMARTS) is 1. The standard InChI is InChI=1S/C16H26N2O3/c1-5-16(3,4)17-10-14(19)13-8-6-12(7-9-13)11(2)18-15(20)21/h6-9,11,14,17-19H,5,10H2,1-4H3,(H,20,21)/t11-,14+/m0/s1. The van der Waals surface area contributed by atoms with Crippen molar-refractivity contribution in [3.05, 3.63) is 35.4 Å². The molecule has 118 valence electrons. The normalized spacial score (nSPS) is 14.5. The van der Waals surface area contributed by atoms with Crippen LogP contribution in [0.5, 0.6) is 0 Å². The first-order valence-electron chi connectivity index (χ1n) is 7.27. The van der Waals surface area contributed by atoms with Gasteiger partial charge in [0.15, 0.2) is 0 Å². The van der Waals surface area contributed by atoms with Gasteiger partial charge in [0, 0.05) is 12.1 Å². The Balaban J connectivity index is 2.63. The zero-order valence-corrected chi connectivity index (χ0v) is 13.2. The van der Waals surface area contributed by atoms with Gasteiger partial charge in [0.25, 0.3) is 0 Å². The molecule has 0 heterocycles. The van der Waals surface area contributed by atoms with Crippen molar-refractivity contribution in [3.63, 3.8) is 0 Å². The number of nitrogens with one attached hydrogen (secondary N) is 2. The molecule has 4 N–H and O–H groups in total. The highest BCUT2D eigenvalue weighted by molar-refractivity contribution is 5.65. The minimum absolute atomic E-state index is 0.000836. The number of hydrogen-bond acceptors (Lipinski definition) is 3. The van der Waals surface area contributed by atoms with Crippen LogP contribution in [0.1, 0.15) is 57.4 Å². The van der Waals surface area contributed by atoms with Gasteiger partial charge in [0.05, 0.1) is 12.1 Å². The lowest BCUT2D eigenvalue weighted by molar-refractivity contribution is 0.160. The van der Waals surface area contributed by atoms with E-state index >= 15 is 0 Å². The van der Waals surface area contributed by atoms with Gasteiger partial charge in [0.2, 0.25) is 0 Å². The molecule has 0 saturated carbocycles. The Morgan fingerprint density at radius 1 is 1.24 bits per heavy atom. The first-order chi connectivity index (χ1) is 9.75. The van der Waals surface area contributed by atoms with E-state index in [1.54, 1.807) is 6.92 Å². The Morgan fingerprint density at radius 2 is 1.76 bits per heavy atom. The maximum atomic E-state index is 10.6. The van der Waals surface area contributed by atoms with E-state index in [9.17, 15) is 9.90 Å². The summed E-state index contributed by atoms with van der Waals surface area (Å²) in [6.45, 7) is 8.57. The zero-order chi connectivity index (χ0) is 16.0. The second-order valence-electron chi connectivity index (χ2n) is 5.97. The molecule has 0 saturated heterocycles. The largest absolute Gasteiger partial charge is 0.465 e. The number of aliphatic hydroxyl groups is 1. The van der Waals surface area contributed by atoms with Gasteiger partial charge >= 0.3 is 6.09 Å². The fourth-order valence-corrected chi connectivity index (χ4v) is 1.89. The summed E-state index contributed by atoms with van der Waals surface area (Å²) in [4.78, 5) is 10.6. The van der Waals surface area contributed by atoms with Gasteiger partial charge in [-0.1, -0.05) is 31.2 Å². The average Bonchev–Trinajstić information content (AvgIpc) is 2.44. The molecule has 1 aromatic carbocycles. The Morgan fingerprint density at radius 3 is 2.24 bits per heavy atom. The summed E-state index contributed by atoms with van der Waals surface area (Å²) in [7, 11) is 0. The highest BCUT2D eigenvalue weighted by Gasteiger charge is 2.17. The van der Waals surface area contributed by atoms with Gasteiger partial charge in [-0.25, -0.2) is 4.79 Å². The third-order valence-corrected chi connectivity index (χ3v) is 3.82. The van der Waals surface area contributed by atoms with Crippen molar-refractivity contribution in [2.75, 3.05) is 6.54 Å². The lowest BCUT2D eigenvalue weighted by Gasteiger charge is -2.26. The van der Waals surface area contributed by atoms with Gasteiger partial charge in [-0.3, -0.25) is 0 Å². The van der Waals surface area contributed by atoms with Crippen LogP contribution in [0.2, 0.25) is 0 Å². The van der Waals surface area contributed by atoms with Crippen molar-refractivity contribution in [1.82, 2.24) is 10.6 Å². The van der Waals surface area contributed by atoms with E-state index in [2.05, 4.69) is 31.4 Å². The van der Waals surface area contributed by atoms with Crippen LogP contribution in [-0.4, -0.2) is 28.4 Å². The SMILES string of the molecule is CCC(C)(C)NC[C@@H](O)c1ccc([C@H](C)NC(=O)O)cc1. The molecule has 0 fully saturated rings. The van der Waals surface area contributed by atoms with E-state index in [0.29, 0.717) is 6.54 Å². The number of carbonyl (C=O) groups is 1. The number of benzene rings is 1. The predicted octanol–water partition coefficient (Wildman–Crippen LogP) is 2.83. The van der Waals surface area contributed by atoms with Crippen LogP contribution >= 0.6 is 0 Å². The monoisotopic (exact) mass is 294 g/mol. The summed E-state index contributed by atoms with van der Waals surface area (Å²) >= 11 is 0. The van der Waals surface area contributed by atoms with E-state index in [-0.39, 0.29) is 11.6 Å². The van der Waals surface area contributed by atoms with E-state index < -0.39 is 12.2 Å². The molecule has 2 atom stereocenters. The molecule has 0 unspecified atom stereocenters. The Hall–Kier alpha value is -1.59. The summed E-state index contributed by atoms with van der Waals surface area (Å²) in [5, 5.41) is 24.6. The lowest BCUT2D eigenvalue weighted by atomic mass is 10.00. The minimum Gasteiger partial charge on any atom is -0.465 e. The molecule has 5 nitrogen and oxygen atoms in total. The van der Waals surface area contributed by atoms with Gasteiger partial charge in [-0.05, 0) is 38.3 Å². The molecular weight excluding hydrogens is 268 g/mol. The van der Waals surface area contributed by atoms with Crippen LogP contribution in [0.25, 0.3) is 0 Å². The molecular formula is C16H26N2O3. The molecule has 0 aliphatic heterocycles.